The highest BCUT2D eigenvalue weighted by atomic mass is 16.6. The van der Waals surface area contributed by atoms with Gasteiger partial charge in [0.2, 0.25) is 17.6 Å². The lowest BCUT2D eigenvalue weighted by atomic mass is 9.88. The lowest BCUT2D eigenvalue weighted by molar-refractivity contribution is -0.121. The predicted molar refractivity (Wildman–Crippen MR) is 132 cm³/mol. The predicted octanol–water partition coefficient (Wildman–Crippen LogP) is 2.14. The molecule has 1 heterocycles. The van der Waals surface area contributed by atoms with Crippen molar-refractivity contribution in [1.82, 2.24) is 10.6 Å². The molecule has 0 bridgehead atoms. The quantitative estimate of drug-likeness (QED) is 0.207. The maximum Gasteiger partial charge on any atom is 0.248 e. The number of aliphatic hydroxyl groups is 2. The second-order valence-corrected chi connectivity index (χ2v) is 9.03. The normalized spacial score (nSPS) is 26.3. The molecule has 3 aliphatic rings. The SMILES string of the molecule is CC(C)C/C=C/C=C/C(=O)NC1=C[C@@](O)(/C=C/C=C/C=C/C(=O)NC2=C(O)CCC2=O)[C@@H]2O[C@@H]2C1=O. The van der Waals surface area contributed by atoms with Gasteiger partial charge < -0.3 is 25.6 Å². The van der Waals surface area contributed by atoms with Crippen molar-refractivity contribution in [2.75, 3.05) is 0 Å². The zero-order chi connectivity index (χ0) is 26.3. The van der Waals surface area contributed by atoms with E-state index in [4.69, 9.17) is 4.74 Å². The Balaban J connectivity index is 1.56. The van der Waals surface area contributed by atoms with Crippen LogP contribution in [-0.2, 0) is 23.9 Å². The molecule has 9 nitrogen and oxygen atoms in total. The molecule has 9 heteroatoms. The number of nitrogens with one attached hydrogen (secondary N) is 2. The van der Waals surface area contributed by atoms with E-state index in [0.29, 0.717) is 5.92 Å². The summed E-state index contributed by atoms with van der Waals surface area (Å²) in [5, 5.41) is 25.4. The highest BCUT2D eigenvalue weighted by Crippen LogP contribution is 2.40. The van der Waals surface area contributed by atoms with Gasteiger partial charge in [0, 0.05) is 25.0 Å². The monoisotopic (exact) mass is 494 g/mol. The number of ketones is 2. The number of epoxide rings is 1. The summed E-state index contributed by atoms with van der Waals surface area (Å²) in [6.07, 6.45) is 16.2. The van der Waals surface area contributed by atoms with Crippen LogP contribution in [0.15, 0.2) is 84.0 Å². The number of amides is 2. The zero-order valence-corrected chi connectivity index (χ0v) is 20.1. The molecule has 2 aliphatic carbocycles. The van der Waals surface area contributed by atoms with Crippen LogP contribution in [-0.4, -0.2) is 51.4 Å². The summed E-state index contributed by atoms with van der Waals surface area (Å²) in [6, 6.07) is 0. The number of rotatable bonds is 10. The summed E-state index contributed by atoms with van der Waals surface area (Å²) >= 11 is 0. The molecule has 3 atom stereocenters. The number of ether oxygens (including phenoxy) is 1. The second-order valence-electron chi connectivity index (χ2n) is 9.03. The van der Waals surface area contributed by atoms with Crippen molar-refractivity contribution in [3.8, 4) is 0 Å². The van der Waals surface area contributed by atoms with E-state index in [9.17, 15) is 29.4 Å². The molecule has 0 unspecified atom stereocenters. The number of hydrogen-bond donors (Lipinski definition) is 4. The first-order valence-electron chi connectivity index (χ1n) is 11.7. The Kier molecular flexibility index (Phi) is 8.73. The van der Waals surface area contributed by atoms with E-state index in [0.717, 1.165) is 6.42 Å². The maximum absolute atomic E-state index is 12.4. The summed E-state index contributed by atoms with van der Waals surface area (Å²) < 4.78 is 5.32. The van der Waals surface area contributed by atoms with Crippen molar-refractivity contribution in [2.24, 2.45) is 5.92 Å². The number of carbonyl (C=O) groups is 4. The van der Waals surface area contributed by atoms with Gasteiger partial charge >= 0.3 is 0 Å². The van der Waals surface area contributed by atoms with Gasteiger partial charge in [-0.3, -0.25) is 19.2 Å². The average Bonchev–Trinajstić information content (AvgIpc) is 3.58. The first kappa shape index (κ1) is 26.8. The fourth-order valence-corrected chi connectivity index (χ4v) is 3.62. The molecule has 4 N–H and O–H groups in total. The lowest BCUT2D eigenvalue weighted by Gasteiger charge is -2.23. The standard InChI is InChI=1S/C27H30N2O7/c1-17(2)10-6-5-8-11-21(32)28-18-16-27(35,26-25(36-26)24(18)34)15-9-4-3-7-12-22(33)29-23-19(30)13-14-20(23)31/h3-9,11-12,15-17,25-26,30,35H,10,13-14H2,1-2H3,(H,28,32)(H,29,33)/b4-3+,6-5+,11-8+,12-7+,15-9+/t25-,26-,27+/m1/s1. The minimum absolute atomic E-state index is 0.0405. The van der Waals surface area contributed by atoms with Crippen LogP contribution in [0.4, 0.5) is 0 Å². The molecule has 0 saturated carbocycles. The van der Waals surface area contributed by atoms with Gasteiger partial charge in [0.25, 0.3) is 0 Å². The molecule has 1 fully saturated rings. The molecule has 2 amide bonds. The largest absolute Gasteiger partial charge is 0.510 e. The van der Waals surface area contributed by atoms with E-state index >= 15 is 0 Å². The fraction of sp³-hybridized carbons (Fsp3) is 0.333. The molecule has 3 rings (SSSR count). The van der Waals surface area contributed by atoms with Gasteiger partial charge in [-0.2, -0.15) is 0 Å². The van der Waals surface area contributed by atoms with Crippen molar-refractivity contribution in [2.45, 2.75) is 50.9 Å². The Hall–Kier alpha value is -3.82. The number of fused-ring (bicyclic) bond motifs is 1. The van der Waals surface area contributed by atoms with Crippen LogP contribution in [0.3, 0.4) is 0 Å². The van der Waals surface area contributed by atoms with Crippen molar-refractivity contribution < 1.29 is 34.1 Å². The van der Waals surface area contributed by atoms with Gasteiger partial charge in [-0.1, -0.05) is 56.4 Å². The van der Waals surface area contributed by atoms with Crippen LogP contribution in [0.25, 0.3) is 0 Å². The first-order valence-corrected chi connectivity index (χ1v) is 11.7. The Morgan fingerprint density at radius 1 is 1.06 bits per heavy atom. The van der Waals surface area contributed by atoms with Crippen LogP contribution in [0.2, 0.25) is 0 Å². The fourth-order valence-electron chi connectivity index (χ4n) is 3.62. The number of hydrogen-bond acceptors (Lipinski definition) is 7. The van der Waals surface area contributed by atoms with Gasteiger partial charge in [0.1, 0.15) is 23.2 Å². The topological polar surface area (TPSA) is 145 Å². The van der Waals surface area contributed by atoms with Gasteiger partial charge in [-0.05, 0) is 24.5 Å². The molecular formula is C27H30N2O7. The average molecular weight is 495 g/mol. The van der Waals surface area contributed by atoms with Crippen molar-refractivity contribution >= 4 is 23.4 Å². The van der Waals surface area contributed by atoms with Crippen molar-refractivity contribution in [3.63, 3.8) is 0 Å². The Labute approximate surface area is 209 Å². The summed E-state index contributed by atoms with van der Waals surface area (Å²) in [5.41, 5.74) is -1.71. The summed E-state index contributed by atoms with van der Waals surface area (Å²) in [6.45, 7) is 4.17. The Morgan fingerprint density at radius 2 is 1.72 bits per heavy atom. The van der Waals surface area contributed by atoms with Crippen LogP contribution in [0.5, 0.6) is 0 Å². The number of allylic oxidation sites excluding steroid dienone is 9. The van der Waals surface area contributed by atoms with E-state index in [1.54, 1.807) is 18.2 Å². The number of carbonyl (C=O) groups excluding carboxylic acids is 4. The molecule has 0 spiro atoms. The molecule has 0 aromatic rings. The summed E-state index contributed by atoms with van der Waals surface area (Å²) in [5.74, 6) is -1.39. The van der Waals surface area contributed by atoms with Crippen LogP contribution >= 0.6 is 0 Å². The minimum atomic E-state index is -1.60. The molecule has 0 radical (unpaired) electrons. The molecule has 0 aromatic carbocycles. The first-order chi connectivity index (χ1) is 17.1. The minimum Gasteiger partial charge on any atom is -0.510 e. The highest BCUT2D eigenvalue weighted by molar-refractivity contribution is 6.06. The van der Waals surface area contributed by atoms with Gasteiger partial charge in [-0.25, -0.2) is 0 Å². The lowest BCUT2D eigenvalue weighted by Crippen LogP contribution is -2.42. The zero-order valence-electron chi connectivity index (χ0n) is 20.1. The third-order valence-electron chi connectivity index (χ3n) is 5.56. The molecular weight excluding hydrogens is 464 g/mol. The Bertz CT molecular complexity index is 1140. The molecule has 190 valence electrons. The number of Topliss-reactive ketones (excluding diaryl/α,β-unsaturated/α-hetero) is 2. The van der Waals surface area contributed by atoms with E-state index in [1.165, 1.54) is 42.5 Å². The molecule has 1 aliphatic heterocycles. The molecule has 36 heavy (non-hydrogen) atoms. The highest BCUT2D eigenvalue weighted by Gasteiger charge is 2.59. The van der Waals surface area contributed by atoms with Crippen LogP contribution in [0.1, 0.15) is 33.1 Å². The third-order valence-corrected chi connectivity index (χ3v) is 5.56. The Morgan fingerprint density at radius 3 is 2.39 bits per heavy atom. The molecule has 0 aromatic heterocycles. The van der Waals surface area contributed by atoms with E-state index in [2.05, 4.69) is 24.5 Å². The summed E-state index contributed by atoms with van der Waals surface area (Å²) in [7, 11) is 0. The van der Waals surface area contributed by atoms with Crippen molar-refractivity contribution in [3.05, 3.63) is 84.0 Å². The van der Waals surface area contributed by atoms with E-state index < -0.39 is 35.4 Å². The maximum atomic E-state index is 12.4. The van der Waals surface area contributed by atoms with Gasteiger partial charge in [0.05, 0.1) is 5.70 Å². The third kappa shape index (κ3) is 7.10. The van der Waals surface area contributed by atoms with Crippen LogP contribution in [0, 0.1) is 5.92 Å². The smallest absolute Gasteiger partial charge is 0.248 e. The molecule has 1 saturated heterocycles. The summed E-state index contributed by atoms with van der Waals surface area (Å²) in [4.78, 5) is 48.0. The van der Waals surface area contributed by atoms with E-state index in [-0.39, 0.29) is 35.8 Å². The van der Waals surface area contributed by atoms with E-state index in [1.807, 2.05) is 6.08 Å². The van der Waals surface area contributed by atoms with Crippen molar-refractivity contribution in [1.29, 1.82) is 0 Å². The number of aliphatic hydroxyl groups excluding tert-OH is 1. The second kappa shape index (κ2) is 11.7. The van der Waals surface area contributed by atoms with Crippen LogP contribution < -0.4 is 10.6 Å². The van der Waals surface area contributed by atoms with Gasteiger partial charge in [-0.15, -0.1) is 0 Å². The van der Waals surface area contributed by atoms with Gasteiger partial charge in [0.15, 0.2) is 11.9 Å².